The summed E-state index contributed by atoms with van der Waals surface area (Å²) >= 11 is 0. The van der Waals surface area contributed by atoms with E-state index in [0.29, 0.717) is 24.0 Å². The van der Waals surface area contributed by atoms with Gasteiger partial charge in [0.05, 0.1) is 6.54 Å². The highest BCUT2D eigenvalue weighted by atomic mass is 19.1. The Balaban J connectivity index is 2.18. The molecular weight excluding hydrogens is 247 g/mol. The maximum atomic E-state index is 13.4. The van der Waals surface area contributed by atoms with Crippen molar-refractivity contribution in [1.82, 2.24) is 4.90 Å². The minimum atomic E-state index is -0.400. The molecule has 1 saturated heterocycles. The molecule has 1 aliphatic rings. The average molecular weight is 264 g/mol. The molecule has 0 atom stereocenters. The fraction of sp³-hybridized carbons (Fsp3) is 0.429. The van der Waals surface area contributed by atoms with Crippen molar-refractivity contribution < 1.29 is 14.0 Å². The predicted octanol–water partition coefficient (Wildman–Crippen LogP) is 1.57. The van der Waals surface area contributed by atoms with Crippen molar-refractivity contribution in [2.75, 3.05) is 0 Å². The Kier molecular flexibility index (Phi) is 3.95. The standard InChI is InChI=1S/C14H17FN2O2/c1-9-2-13(18)17(14(19)3-9)8-11-4-10(7-16)5-12(15)6-11/h4-6,9H,2-3,7-8,16H2,1H3. The topological polar surface area (TPSA) is 63.4 Å². The van der Waals surface area contributed by atoms with Crippen molar-refractivity contribution >= 4 is 11.8 Å². The highest BCUT2D eigenvalue weighted by molar-refractivity contribution is 5.97. The molecule has 5 heteroatoms. The zero-order valence-corrected chi connectivity index (χ0v) is 10.9. The summed E-state index contributed by atoms with van der Waals surface area (Å²) in [5.74, 6) is -0.698. The van der Waals surface area contributed by atoms with E-state index in [1.807, 2.05) is 6.92 Å². The second-order valence-electron chi connectivity index (χ2n) is 5.06. The predicted molar refractivity (Wildman–Crippen MR) is 68.2 cm³/mol. The van der Waals surface area contributed by atoms with Gasteiger partial charge in [0.25, 0.3) is 0 Å². The molecule has 2 rings (SSSR count). The molecule has 1 heterocycles. The lowest BCUT2D eigenvalue weighted by Crippen LogP contribution is -2.42. The van der Waals surface area contributed by atoms with Crippen LogP contribution in [0.2, 0.25) is 0 Å². The molecule has 0 spiro atoms. The molecule has 0 saturated carbocycles. The number of imide groups is 1. The number of carbonyl (C=O) groups excluding carboxylic acids is 2. The number of benzene rings is 1. The summed E-state index contributed by atoms with van der Waals surface area (Å²) in [6.45, 7) is 2.22. The third kappa shape index (κ3) is 3.17. The minimum Gasteiger partial charge on any atom is -0.326 e. The summed E-state index contributed by atoms with van der Waals surface area (Å²) in [6.07, 6.45) is 0.732. The summed E-state index contributed by atoms with van der Waals surface area (Å²) < 4.78 is 13.4. The van der Waals surface area contributed by atoms with Crippen molar-refractivity contribution in [2.24, 2.45) is 11.7 Å². The van der Waals surface area contributed by atoms with Gasteiger partial charge in [0, 0.05) is 19.4 Å². The van der Waals surface area contributed by atoms with E-state index in [-0.39, 0.29) is 30.8 Å². The number of piperidine rings is 1. The summed E-state index contributed by atoms with van der Waals surface area (Å²) in [4.78, 5) is 24.9. The molecule has 1 aromatic carbocycles. The van der Waals surface area contributed by atoms with Gasteiger partial charge in [-0.25, -0.2) is 4.39 Å². The van der Waals surface area contributed by atoms with Gasteiger partial charge in [0.2, 0.25) is 11.8 Å². The Morgan fingerprint density at radius 1 is 1.21 bits per heavy atom. The molecule has 1 fully saturated rings. The Hall–Kier alpha value is -1.75. The van der Waals surface area contributed by atoms with E-state index >= 15 is 0 Å². The molecule has 2 N–H and O–H groups in total. The molecule has 1 aromatic rings. The number of hydrogen-bond donors (Lipinski definition) is 1. The van der Waals surface area contributed by atoms with Crippen LogP contribution in [0.25, 0.3) is 0 Å². The van der Waals surface area contributed by atoms with Gasteiger partial charge in [-0.05, 0) is 29.2 Å². The lowest BCUT2D eigenvalue weighted by molar-refractivity contribution is -0.150. The smallest absolute Gasteiger partial charge is 0.229 e. The van der Waals surface area contributed by atoms with Crippen LogP contribution < -0.4 is 5.73 Å². The number of nitrogens with two attached hydrogens (primary N) is 1. The van der Waals surface area contributed by atoms with Crippen LogP contribution in [0.1, 0.15) is 30.9 Å². The number of likely N-dealkylation sites (tertiary alicyclic amines) is 1. The molecule has 4 nitrogen and oxygen atoms in total. The van der Waals surface area contributed by atoms with E-state index in [2.05, 4.69) is 0 Å². The molecule has 19 heavy (non-hydrogen) atoms. The zero-order valence-electron chi connectivity index (χ0n) is 10.9. The first-order valence-corrected chi connectivity index (χ1v) is 6.31. The van der Waals surface area contributed by atoms with Gasteiger partial charge in [-0.15, -0.1) is 0 Å². The quantitative estimate of drug-likeness (QED) is 0.843. The van der Waals surface area contributed by atoms with Crippen LogP contribution in [0, 0.1) is 11.7 Å². The molecule has 102 valence electrons. The first-order valence-electron chi connectivity index (χ1n) is 6.31. The fourth-order valence-corrected chi connectivity index (χ4v) is 2.31. The molecule has 0 unspecified atom stereocenters. The Morgan fingerprint density at radius 2 is 1.79 bits per heavy atom. The number of halogens is 1. The van der Waals surface area contributed by atoms with E-state index in [0.717, 1.165) is 0 Å². The first kappa shape index (κ1) is 13.7. The highest BCUT2D eigenvalue weighted by Gasteiger charge is 2.30. The van der Waals surface area contributed by atoms with E-state index in [9.17, 15) is 14.0 Å². The van der Waals surface area contributed by atoms with E-state index in [1.165, 1.54) is 17.0 Å². The van der Waals surface area contributed by atoms with Gasteiger partial charge >= 0.3 is 0 Å². The van der Waals surface area contributed by atoms with Gasteiger partial charge in [0.15, 0.2) is 0 Å². The molecule has 0 aromatic heterocycles. The molecule has 0 aliphatic carbocycles. The van der Waals surface area contributed by atoms with Gasteiger partial charge in [0.1, 0.15) is 5.82 Å². The summed E-state index contributed by atoms with van der Waals surface area (Å²) in [6, 6.07) is 4.41. The monoisotopic (exact) mass is 264 g/mol. The summed E-state index contributed by atoms with van der Waals surface area (Å²) in [5.41, 5.74) is 6.73. The number of nitrogens with zero attached hydrogens (tertiary/aromatic N) is 1. The normalized spacial score (nSPS) is 17.1. The molecule has 0 radical (unpaired) electrons. The van der Waals surface area contributed by atoms with Crippen LogP contribution in [-0.2, 0) is 22.7 Å². The SMILES string of the molecule is CC1CC(=O)N(Cc2cc(F)cc(CN)c2)C(=O)C1. The second-order valence-corrected chi connectivity index (χ2v) is 5.06. The van der Waals surface area contributed by atoms with Gasteiger partial charge in [-0.2, -0.15) is 0 Å². The van der Waals surface area contributed by atoms with Crippen LogP contribution in [0.3, 0.4) is 0 Å². The molecule has 0 bridgehead atoms. The molecule has 1 aliphatic heterocycles. The number of rotatable bonds is 3. The van der Waals surface area contributed by atoms with Crippen LogP contribution in [0.4, 0.5) is 4.39 Å². The highest BCUT2D eigenvalue weighted by Crippen LogP contribution is 2.21. The van der Waals surface area contributed by atoms with Gasteiger partial charge in [-0.3, -0.25) is 14.5 Å². The summed E-state index contributed by atoms with van der Waals surface area (Å²) in [5, 5.41) is 0. The minimum absolute atomic E-state index is 0.0864. The van der Waals surface area contributed by atoms with Crippen LogP contribution in [-0.4, -0.2) is 16.7 Å². The number of hydrogen-bond acceptors (Lipinski definition) is 3. The van der Waals surface area contributed by atoms with Crippen molar-refractivity contribution in [1.29, 1.82) is 0 Å². The largest absolute Gasteiger partial charge is 0.326 e. The fourth-order valence-electron chi connectivity index (χ4n) is 2.31. The molecule has 2 amide bonds. The third-order valence-corrected chi connectivity index (χ3v) is 3.24. The number of amides is 2. The Labute approximate surface area is 111 Å². The molecular formula is C14H17FN2O2. The van der Waals surface area contributed by atoms with Gasteiger partial charge < -0.3 is 5.73 Å². The van der Waals surface area contributed by atoms with E-state index in [4.69, 9.17) is 5.73 Å². The van der Waals surface area contributed by atoms with Crippen LogP contribution in [0.15, 0.2) is 18.2 Å². The second kappa shape index (κ2) is 5.48. The van der Waals surface area contributed by atoms with Crippen molar-refractivity contribution in [3.63, 3.8) is 0 Å². The Morgan fingerprint density at radius 3 is 2.37 bits per heavy atom. The maximum Gasteiger partial charge on any atom is 0.229 e. The summed E-state index contributed by atoms with van der Waals surface area (Å²) in [7, 11) is 0. The third-order valence-electron chi connectivity index (χ3n) is 3.24. The van der Waals surface area contributed by atoms with Crippen molar-refractivity contribution in [3.8, 4) is 0 Å². The zero-order chi connectivity index (χ0) is 14.0. The Bertz CT molecular complexity index is 498. The lowest BCUT2D eigenvalue weighted by Gasteiger charge is -2.28. The van der Waals surface area contributed by atoms with Crippen LogP contribution >= 0.6 is 0 Å². The van der Waals surface area contributed by atoms with Crippen molar-refractivity contribution in [3.05, 3.63) is 35.1 Å². The number of carbonyl (C=O) groups is 2. The van der Waals surface area contributed by atoms with E-state index < -0.39 is 5.82 Å². The maximum absolute atomic E-state index is 13.4. The van der Waals surface area contributed by atoms with Crippen LogP contribution in [0.5, 0.6) is 0 Å². The van der Waals surface area contributed by atoms with Gasteiger partial charge in [-0.1, -0.05) is 13.0 Å². The lowest BCUT2D eigenvalue weighted by atomic mass is 9.97. The van der Waals surface area contributed by atoms with Crippen molar-refractivity contribution in [2.45, 2.75) is 32.9 Å². The average Bonchev–Trinajstić information content (AvgIpc) is 2.33. The van der Waals surface area contributed by atoms with E-state index in [1.54, 1.807) is 6.07 Å². The first-order chi connectivity index (χ1) is 8.99.